The molecule has 3 rings (SSSR count). The number of hydrogen-bond donors (Lipinski definition) is 2. The summed E-state index contributed by atoms with van der Waals surface area (Å²) in [6.07, 6.45) is 2.98. The van der Waals surface area contributed by atoms with E-state index in [4.69, 9.17) is 28.4 Å². The minimum absolute atomic E-state index is 0.284. The lowest BCUT2D eigenvalue weighted by Gasteiger charge is -2.13. The molecular weight excluding hydrogens is 520 g/mol. The third-order valence-corrected chi connectivity index (χ3v) is 5.55. The fourth-order valence-electron chi connectivity index (χ4n) is 3.55. The maximum absolute atomic E-state index is 12.6. The zero-order valence-corrected chi connectivity index (χ0v) is 22.9. The quantitative estimate of drug-likeness (QED) is 0.259. The number of nitrogens with zero attached hydrogens (tertiary/aromatic N) is 2. The van der Waals surface area contributed by atoms with Crippen molar-refractivity contribution in [3.8, 4) is 34.5 Å². The van der Waals surface area contributed by atoms with Gasteiger partial charge in [-0.25, -0.2) is 10.9 Å². The molecule has 0 saturated heterocycles. The molecule has 0 aliphatic rings. The molecule has 0 atom stereocenters. The Morgan fingerprint density at radius 3 is 1.10 bits per heavy atom. The number of rotatable bonds is 12. The summed E-state index contributed by atoms with van der Waals surface area (Å²) in [5, 5.41) is 8.01. The van der Waals surface area contributed by atoms with Crippen LogP contribution in [0.3, 0.4) is 0 Å². The number of methoxy groups -OCH3 is 6. The van der Waals surface area contributed by atoms with Crippen molar-refractivity contribution in [1.29, 1.82) is 0 Å². The first-order chi connectivity index (χ1) is 19.4. The van der Waals surface area contributed by atoms with Crippen LogP contribution in [0.5, 0.6) is 34.5 Å². The second kappa shape index (κ2) is 14.0. The second-order valence-electron chi connectivity index (χ2n) is 7.89. The molecule has 12 heteroatoms. The van der Waals surface area contributed by atoms with Gasteiger partial charge in [-0.15, -0.1) is 0 Å². The van der Waals surface area contributed by atoms with Gasteiger partial charge in [-0.3, -0.25) is 9.59 Å². The Bertz CT molecular complexity index is 1250. The molecule has 0 aromatic heterocycles. The van der Waals surface area contributed by atoms with Crippen molar-refractivity contribution in [2.75, 3.05) is 42.7 Å². The van der Waals surface area contributed by atoms with Crippen molar-refractivity contribution in [2.24, 2.45) is 10.2 Å². The summed E-state index contributed by atoms with van der Waals surface area (Å²) >= 11 is 0. The van der Waals surface area contributed by atoms with Crippen molar-refractivity contribution >= 4 is 24.2 Å². The number of hydrazone groups is 2. The molecule has 0 fully saturated rings. The highest BCUT2D eigenvalue weighted by molar-refractivity contribution is 5.97. The van der Waals surface area contributed by atoms with E-state index >= 15 is 0 Å². The van der Waals surface area contributed by atoms with E-state index in [1.54, 1.807) is 24.3 Å². The molecule has 3 aromatic carbocycles. The van der Waals surface area contributed by atoms with E-state index in [-0.39, 0.29) is 11.1 Å². The summed E-state index contributed by atoms with van der Waals surface area (Å²) in [4.78, 5) is 25.1. The largest absolute Gasteiger partial charge is 0.493 e. The van der Waals surface area contributed by atoms with Crippen molar-refractivity contribution < 1.29 is 38.0 Å². The van der Waals surface area contributed by atoms with Crippen molar-refractivity contribution in [1.82, 2.24) is 10.9 Å². The number of benzene rings is 3. The van der Waals surface area contributed by atoms with Crippen molar-refractivity contribution in [2.45, 2.75) is 0 Å². The van der Waals surface area contributed by atoms with Crippen molar-refractivity contribution in [3.63, 3.8) is 0 Å². The zero-order chi connectivity index (χ0) is 29.1. The molecule has 3 aromatic rings. The van der Waals surface area contributed by atoms with Crippen molar-refractivity contribution in [3.05, 3.63) is 70.8 Å². The molecule has 12 nitrogen and oxygen atoms in total. The van der Waals surface area contributed by atoms with Gasteiger partial charge in [-0.1, -0.05) is 24.3 Å². The maximum atomic E-state index is 12.6. The summed E-state index contributed by atoms with van der Waals surface area (Å²) in [6, 6.07) is 13.2. The molecule has 0 aliphatic carbocycles. The van der Waals surface area contributed by atoms with Gasteiger partial charge < -0.3 is 28.4 Å². The Morgan fingerprint density at radius 1 is 0.550 bits per heavy atom. The first-order valence-corrected chi connectivity index (χ1v) is 11.8. The highest BCUT2D eigenvalue weighted by Gasteiger charge is 2.18. The predicted molar refractivity (Wildman–Crippen MR) is 149 cm³/mol. The topological polar surface area (TPSA) is 138 Å². The molecule has 0 bridgehead atoms. The van der Waals surface area contributed by atoms with E-state index in [1.807, 2.05) is 0 Å². The van der Waals surface area contributed by atoms with Gasteiger partial charge in [0.25, 0.3) is 11.8 Å². The summed E-state index contributed by atoms with van der Waals surface area (Å²) in [6.45, 7) is 0. The highest BCUT2D eigenvalue weighted by Crippen LogP contribution is 2.39. The Labute approximate surface area is 231 Å². The Hall–Kier alpha value is -5.26. The van der Waals surface area contributed by atoms with Gasteiger partial charge in [0, 0.05) is 11.1 Å². The van der Waals surface area contributed by atoms with E-state index in [0.717, 1.165) is 11.1 Å². The number of carbonyl (C=O) groups is 2. The van der Waals surface area contributed by atoms with Gasteiger partial charge >= 0.3 is 0 Å². The van der Waals surface area contributed by atoms with E-state index in [0.29, 0.717) is 34.5 Å². The third-order valence-electron chi connectivity index (χ3n) is 5.55. The fourth-order valence-corrected chi connectivity index (χ4v) is 3.55. The average molecular weight is 551 g/mol. The number of carbonyl (C=O) groups excluding carboxylic acids is 2. The first-order valence-electron chi connectivity index (χ1n) is 11.8. The third kappa shape index (κ3) is 6.98. The SMILES string of the molecule is COc1cc(C(=O)NN=Cc2ccc(C=NNC(=O)c3cc(OC)c(OC)c(OC)c3)cc2)cc(OC)c1OC. The van der Waals surface area contributed by atoms with Crippen LogP contribution in [-0.4, -0.2) is 66.9 Å². The summed E-state index contributed by atoms with van der Waals surface area (Å²) < 4.78 is 31.6. The molecule has 0 radical (unpaired) electrons. The number of amides is 2. The molecule has 0 aliphatic heterocycles. The Morgan fingerprint density at radius 2 is 0.850 bits per heavy atom. The van der Waals surface area contributed by atoms with Gasteiger partial charge in [0.1, 0.15) is 0 Å². The number of nitrogens with one attached hydrogen (secondary N) is 2. The molecule has 0 unspecified atom stereocenters. The minimum atomic E-state index is -0.456. The first kappa shape index (κ1) is 29.3. The summed E-state index contributed by atoms with van der Waals surface area (Å²) in [7, 11) is 8.83. The van der Waals surface area contributed by atoms with E-state index in [1.165, 1.54) is 79.4 Å². The molecule has 2 amide bonds. The molecule has 0 heterocycles. The van der Waals surface area contributed by atoms with Gasteiger partial charge in [-0.05, 0) is 35.4 Å². The molecule has 0 saturated carbocycles. The van der Waals surface area contributed by atoms with Gasteiger partial charge in [-0.2, -0.15) is 10.2 Å². The van der Waals surface area contributed by atoms with Crippen LogP contribution in [0, 0.1) is 0 Å². The Balaban J connectivity index is 1.60. The van der Waals surface area contributed by atoms with Gasteiger partial charge in [0.05, 0.1) is 55.1 Å². The van der Waals surface area contributed by atoms with Crippen LogP contribution in [0.15, 0.2) is 58.7 Å². The minimum Gasteiger partial charge on any atom is -0.493 e. The lowest BCUT2D eigenvalue weighted by Crippen LogP contribution is -2.18. The second-order valence-corrected chi connectivity index (χ2v) is 7.89. The van der Waals surface area contributed by atoms with Crippen LogP contribution in [-0.2, 0) is 0 Å². The Kier molecular flexibility index (Phi) is 10.3. The van der Waals surface area contributed by atoms with Crippen LogP contribution in [0.4, 0.5) is 0 Å². The smallest absolute Gasteiger partial charge is 0.271 e. The summed E-state index contributed by atoms with van der Waals surface area (Å²) in [5.74, 6) is 1.27. The van der Waals surface area contributed by atoms with Crippen LogP contribution >= 0.6 is 0 Å². The fraction of sp³-hybridized carbons (Fsp3) is 0.214. The van der Waals surface area contributed by atoms with E-state index in [2.05, 4.69) is 21.1 Å². The van der Waals surface area contributed by atoms with Crippen LogP contribution in [0.25, 0.3) is 0 Å². The normalized spacial score (nSPS) is 10.8. The number of hydrogen-bond acceptors (Lipinski definition) is 10. The van der Waals surface area contributed by atoms with Gasteiger partial charge in [0.15, 0.2) is 23.0 Å². The molecule has 0 spiro atoms. The average Bonchev–Trinajstić information content (AvgIpc) is 2.99. The monoisotopic (exact) mass is 550 g/mol. The predicted octanol–water partition coefficient (Wildman–Crippen LogP) is 3.27. The van der Waals surface area contributed by atoms with E-state index < -0.39 is 11.8 Å². The van der Waals surface area contributed by atoms with E-state index in [9.17, 15) is 9.59 Å². The lowest BCUT2D eigenvalue weighted by atomic mass is 10.1. The summed E-state index contributed by atoms with van der Waals surface area (Å²) in [5.41, 5.74) is 6.95. The van der Waals surface area contributed by atoms with Crippen LogP contribution < -0.4 is 39.3 Å². The molecular formula is C28H30N4O8. The number of ether oxygens (including phenoxy) is 6. The molecule has 2 N–H and O–H groups in total. The maximum Gasteiger partial charge on any atom is 0.271 e. The zero-order valence-electron chi connectivity index (χ0n) is 22.9. The molecule has 210 valence electrons. The van der Waals surface area contributed by atoms with Gasteiger partial charge in [0.2, 0.25) is 11.5 Å². The highest BCUT2D eigenvalue weighted by atomic mass is 16.5. The standard InChI is InChI=1S/C28H30N4O8/c1-35-21-11-19(12-22(36-2)25(21)39-5)27(33)31-29-15-17-7-9-18(10-8-17)16-30-32-28(34)20-13-23(37-3)26(40-6)24(14-20)38-4/h7-16H,1-6H3,(H,31,33)(H,32,34). The molecule has 40 heavy (non-hydrogen) atoms. The van der Waals surface area contributed by atoms with Crippen LogP contribution in [0.2, 0.25) is 0 Å². The lowest BCUT2D eigenvalue weighted by molar-refractivity contribution is 0.0946. The van der Waals surface area contributed by atoms with Crippen LogP contribution in [0.1, 0.15) is 31.8 Å².